The number of carbonyl (C=O) groups excluding carboxylic acids is 2. The Morgan fingerprint density at radius 1 is 0.955 bits per heavy atom. The summed E-state index contributed by atoms with van der Waals surface area (Å²) in [7, 11) is 0. The van der Waals surface area contributed by atoms with Crippen molar-refractivity contribution in [3.05, 3.63) is 60.2 Å². The van der Waals surface area contributed by atoms with Crippen LogP contribution in [0.15, 0.2) is 48.5 Å². The van der Waals surface area contributed by atoms with E-state index in [0.717, 1.165) is 0 Å². The molecule has 7 heteroatoms. The summed E-state index contributed by atoms with van der Waals surface area (Å²) in [6, 6.07) is 10.1. The van der Waals surface area contributed by atoms with Gasteiger partial charge in [-0.25, -0.2) is 13.6 Å². The van der Waals surface area contributed by atoms with Crippen LogP contribution in [0.25, 0.3) is 0 Å². The average molecular weight is 306 g/mol. The molecule has 0 unspecified atom stereocenters. The molecule has 2 N–H and O–H groups in total. The van der Waals surface area contributed by atoms with Gasteiger partial charge in [-0.05, 0) is 24.3 Å². The fourth-order valence-electron chi connectivity index (χ4n) is 1.58. The van der Waals surface area contributed by atoms with E-state index in [0.29, 0.717) is 0 Å². The van der Waals surface area contributed by atoms with E-state index in [9.17, 15) is 18.4 Å². The van der Waals surface area contributed by atoms with Crippen molar-refractivity contribution in [1.82, 2.24) is 5.32 Å². The predicted octanol–water partition coefficient (Wildman–Crippen LogP) is 2.69. The van der Waals surface area contributed by atoms with E-state index in [1.807, 2.05) is 5.32 Å². The Hall–Kier alpha value is -2.96. The largest absolute Gasteiger partial charge is 0.481 e. The van der Waals surface area contributed by atoms with Crippen molar-refractivity contribution in [3.8, 4) is 5.75 Å². The molecule has 0 aliphatic carbocycles. The first-order valence-electron chi connectivity index (χ1n) is 6.29. The van der Waals surface area contributed by atoms with Crippen molar-refractivity contribution in [1.29, 1.82) is 0 Å². The lowest BCUT2D eigenvalue weighted by atomic mass is 10.3. The number of benzene rings is 2. The quantitative estimate of drug-likeness (QED) is 0.912. The molecule has 2 aromatic carbocycles. The summed E-state index contributed by atoms with van der Waals surface area (Å²) < 4.78 is 31.5. The van der Waals surface area contributed by atoms with Gasteiger partial charge in [-0.3, -0.25) is 10.1 Å². The zero-order valence-corrected chi connectivity index (χ0v) is 11.3. The Morgan fingerprint density at radius 3 is 2.27 bits per heavy atom. The van der Waals surface area contributed by atoms with Crippen LogP contribution in [0.2, 0.25) is 0 Å². The number of nitrogens with one attached hydrogen (secondary N) is 2. The lowest BCUT2D eigenvalue weighted by molar-refractivity contribution is -0.121. The Kier molecular flexibility index (Phi) is 5.02. The molecule has 5 nitrogen and oxygen atoms in total. The number of para-hydroxylation sites is 2. The zero-order chi connectivity index (χ0) is 15.9. The van der Waals surface area contributed by atoms with Crippen molar-refractivity contribution < 1.29 is 23.1 Å². The SMILES string of the molecule is O=C(COc1ccccc1F)NC(=O)Nc1ccccc1F. The molecule has 3 amide bonds. The van der Waals surface area contributed by atoms with Gasteiger partial charge in [0.2, 0.25) is 0 Å². The average Bonchev–Trinajstić information content (AvgIpc) is 2.49. The first-order chi connectivity index (χ1) is 10.6. The number of carbonyl (C=O) groups is 2. The van der Waals surface area contributed by atoms with Gasteiger partial charge >= 0.3 is 6.03 Å². The molecule has 0 fully saturated rings. The normalized spacial score (nSPS) is 9.91. The summed E-state index contributed by atoms with van der Waals surface area (Å²) in [6.45, 7) is -0.550. The Bertz CT molecular complexity index is 692. The number of rotatable bonds is 4. The number of hydrogen-bond acceptors (Lipinski definition) is 3. The monoisotopic (exact) mass is 306 g/mol. The highest BCUT2D eigenvalue weighted by Gasteiger charge is 2.11. The van der Waals surface area contributed by atoms with Crippen LogP contribution in [0, 0.1) is 11.6 Å². The van der Waals surface area contributed by atoms with Crippen LogP contribution in [0.4, 0.5) is 19.3 Å². The molecule has 0 radical (unpaired) electrons. The first kappa shape index (κ1) is 15.4. The standard InChI is InChI=1S/C15H12F2N2O3/c16-10-5-1-3-7-12(10)18-15(21)19-14(20)9-22-13-8-4-2-6-11(13)17/h1-8H,9H2,(H2,18,19,20,21). The van der Waals surface area contributed by atoms with Crippen LogP contribution in [-0.4, -0.2) is 18.5 Å². The molecular formula is C15H12F2N2O3. The van der Waals surface area contributed by atoms with E-state index in [1.54, 1.807) is 6.07 Å². The predicted molar refractivity (Wildman–Crippen MR) is 75.5 cm³/mol. The number of anilines is 1. The van der Waals surface area contributed by atoms with E-state index in [2.05, 4.69) is 5.32 Å². The molecule has 0 aliphatic rings. The molecule has 0 atom stereocenters. The lowest BCUT2D eigenvalue weighted by Crippen LogP contribution is -2.37. The van der Waals surface area contributed by atoms with Crippen molar-refractivity contribution in [2.75, 3.05) is 11.9 Å². The molecule has 0 saturated carbocycles. The maximum absolute atomic E-state index is 13.3. The highest BCUT2D eigenvalue weighted by atomic mass is 19.1. The fourth-order valence-corrected chi connectivity index (χ4v) is 1.58. The maximum atomic E-state index is 13.3. The number of urea groups is 1. The lowest BCUT2D eigenvalue weighted by Gasteiger charge is -2.09. The first-order valence-corrected chi connectivity index (χ1v) is 6.29. The molecule has 0 bridgehead atoms. The third-order valence-corrected chi connectivity index (χ3v) is 2.57. The van der Waals surface area contributed by atoms with Gasteiger partial charge in [0.1, 0.15) is 5.82 Å². The number of imide groups is 1. The minimum absolute atomic E-state index is 0.0668. The molecule has 0 heterocycles. The van der Waals surface area contributed by atoms with Crippen molar-refractivity contribution >= 4 is 17.6 Å². The van der Waals surface area contributed by atoms with Gasteiger partial charge in [0.25, 0.3) is 5.91 Å². The molecule has 22 heavy (non-hydrogen) atoms. The summed E-state index contributed by atoms with van der Waals surface area (Å²) in [5.41, 5.74) is -0.0668. The highest BCUT2D eigenvalue weighted by molar-refractivity contribution is 6.01. The minimum atomic E-state index is -0.910. The van der Waals surface area contributed by atoms with Crippen LogP contribution >= 0.6 is 0 Å². The van der Waals surface area contributed by atoms with Gasteiger partial charge in [0, 0.05) is 0 Å². The van der Waals surface area contributed by atoms with E-state index < -0.39 is 30.2 Å². The third kappa shape index (κ3) is 4.27. The van der Waals surface area contributed by atoms with Gasteiger partial charge in [-0.15, -0.1) is 0 Å². The molecule has 0 aromatic heterocycles. The molecule has 0 aliphatic heterocycles. The second-order valence-electron chi connectivity index (χ2n) is 4.20. The van der Waals surface area contributed by atoms with Crippen molar-refractivity contribution in [2.24, 2.45) is 0 Å². The van der Waals surface area contributed by atoms with Crippen LogP contribution in [0.1, 0.15) is 0 Å². The number of halogens is 2. The van der Waals surface area contributed by atoms with Gasteiger partial charge in [0.15, 0.2) is 18.2 Å². The summed E-state index contributed by atoms with van der Waals surface area (Å²) in [6.07, 6.45) is 0. The summed E-state index contributed by atoms with van der Waals surface area (Å²) in [4.78, 5) is 23.0. The van der Waals surface area contributed by atoms with Crippen LogP contribution in [-0.2, 0) is 4.79 Å². The van der Waals surface area contributed by atoms with Gasteiger partial charge in [-0.1, -0.05) is 24.3 Å². The Balaban J connectivity index is 1.83. The number of hydrogen-bond donors (Lipinski definition) is 2. The fraction of sp³-hybridized carbons (Fsp3) is 0.0667. The Morgan fingerprint density at radius 2 is 1.59 bits per heavy atom. The topological polar surface area (TPSA) is 67.4 Å². The van der Waals surface area contributed by atoms with Crippen molar-refractivity contribution in [2.45, 2.75) is 0 Å². The summed E-state index contributed by atoms with van der Waals surface area (Å²) in [5.74, 6) is -2.15. The maximum Gasteiger partial charge on any atom is 0.326 e. The minimum Gasteiger partial charge on any atom is -0.481 e. The second kappa shape index (κ2) is 7.16. The van der Waals surface area contributed by atoms with Gasteiger partial charge < -0.3 is 10.1 Å². The van der Waals surface area contributed by atoms with Crippen LogP contribution in [0.5, 0.6) is 5.75 Å². The summed E-state index contributed by atoms with van der Waals surface area (Å²) >= 11 is 0. The second-order valence-corrected chi connectivity index (χ2v) is 4.20. The highest BCUT2D eigenvalue weighted by Crippen LogP contribution is 2.15. The van der Waals surface area contributed by atoms with Crippen LogP contribution < -0.4 is 15.4 Å². The summed E-state index contributed by atoms with van der Waals surface area (Å²) in [5, 5.41) is 4.12. The van der Waals surface area contributed by atoms with E-state index in [4.69, 9.17) is 4.74 Å². The Labute approximate surface area is 124 Å². The smallest absolute Gasteiger partial charge is 0.326 e. The van der Waals surface area contributed by atoms with Gasteiger partial charge in [-0.2, -0.15) is 0 Å². The molecule has 0 saturated heterocycles. The van der Waals surface area contributed by atoms with Crippen molar-refractivity contribution in [3.63, 3.8) is 0 Å². The van der Waals surface area contributed by atoms with E-state index >= 15 is 0 Å². The van der Waals surface area contributed by atoms with Crippen LogP contribution in [0.3, 0.4) is 0 Å². The molecule has 2 aromatic rings. The molecular weight excluding hydrogens is 294 g/mol. The molecule has 2 rings (SSSR count). The zero-order valence-electron chi connectivity index (χ0n) is 11.3. The molecule has 114 valence electrons. The number of ether oxygens (including phenoxy) is 1. The van der Waals surface area contributed by atoms with Gasteiger partial charge in [0.05, 0.1) is 5.69 Å². The van der Waals surface area contributed by atoms with E-state index in [1.165, 1.54) is 42.5 Å². The third-order valence-electron chi connectivity index (χ3n) is 2.57. The number of amides is 3. The molecule has 0 spiro atoms. The van der Waals surface area contributed by atoms with E-state index in [-0.39, 0.29) is 11.4 Å².